The van der Waals surface area contributed by atoms with E-state index < -0.39 is 5.97 Å². The van der Waals surface area contributed by atoms with Crippen LogP contribution in [0.5, 0.6) is 0 Å². The molecular formula is C10H5Cl2NO2. The fourth-order valence-electron chi connectivity index (χ4n) is 1.39. The molecule has 2 rings (SSSR count). The van der Waals surface area contributed by atoms with E-state index in [1.54, 1.807) is 6.07 Å². The fraction of sp³-hybridized carbons (Fsp3) is 0. The Morgan fingerprint density at radius 3 is 2.60 bits per heavy atom. The summed E-state index contributed by atoms with van der Waals surface area (Å²) >= 11 is 11.7. The average Bonchev–Trinajstić information content (AvgIpc) is 2.18. The zero-order valence-electron chi connectivity index (χ0n) is 7.37. The summed E-state index contributed by atoms with van der Waals surface area (Å²) < 4.78 is 0. The highest BCUT2D eigenvalue weighted by Gasteiger charge is 2.15. The SMILES string of the molecule is O=C(O)c1c(Cl)ccc2nccc(Cl)c12. The Morgan fingerprint density at radius 2 is 1.93 bits per heavy atom. The number of halogens is 2. The molecule has 76 valence electrons. The molecule has 0 unspecified atom stereocenters. The van der Waals surface area contributed by atoms with Crippen LogP contribution in [0.3, 0.4) is 0 Å². The number of pyridine rings is 1. The van der Waals surface area contributed by atoms with Gasteiger partial charge in [0.2, 0.25) is 0 Å². The molecule has 15 heavy (non-hydrogen) atoms. The van der Waals surface area contributed by atoms with Crippen molar-refractivity contribution in [3.05, 3.63) is 40.0 Å². The maximum atomic E-state index is 11.0. The number of hydrogen-bond acceptors (Lipinski definition) is 2. The van der Waals surface area contributed by atoms with Gasteiger partial charge in [-0.25, -0.2) is 4.79 Å². The van der Waals surface area contributed by atoms with E-state index >= 15 is 0 Å². The topological polar surface area (TPSA) is 50.2 Å². The molecule has 0 aliphatic rings. The Bertz CT molecular complexity index is 554. The summed E-state index contributed by atoms with van der Waals surface area (Å²) in [5.41, 5.74) is 0.511. The Kier molecular flexibility index (Phi) is 2.50. The van der Waals surface area contributed by atoms with Gasteiger partial charge in [-0.15, -0.1) is 0 Å². The minimum Gasteiger partial charge on any atom is -0.478 e. The third kappa shape index (κ3) is 1.64. The number of carboxylic acids is 1. The quantitative estimate of drug-likeness (QED) is 0.834. The number of carbonyl (C=O) groups is 1. The van der Waals surface area contributed by atoms with Crippen LogP contribution in [-0.4, -0.2) is 16.1 Å². The van der Waals surface area contributed by atoms with Crippen LogP contribution in [0.25, 0.3) is 10.9 Å². The van der Waals surface area contributed by atoms with Gasteiger partial charge in [0.1, 0.15) is 0 Å². The van der Waals surface area contributed by atoms with Crippen molar-refractivity contribution in [2.75, 3.05) is 0 Å². The molecule has 0 amide bonds. The number of aromatic nitrogens is 1. The van der Waals surface area contributed by atoms with Crippen LogP contribution < -0.4 is 0 Å². The molecule has 1 N–H and O–H groups in total. The molecule has 0 radical (unpaired) electrons. The summed E-state index contributed by atoms with van der Waals surface area (Å²) in [5.74, 6) is -1.11. The Morgan fingerprint density at radius 1 is 1.20 bits per heavy atom. The lowest BCUT2D eigenvalue weighted by Gasteiger charge is -2.05. The highest BCUT2D eigenvalue weighted by molar-refractivity contribution is 6.39. The largest absolute Gasteiger partial charge is 0.478 e. The molecule has 1 aromatic heterocycles. The zero-order valence-corrected chi connectivity index (χ0v) is 8.88. The van der Waals surface area contributed by atoms with Crippen LogP contribution in [0.15, 0.2) is 24.4 Å². The molecule has 0 saturated heterocycles. The van der Waals surface area contributed by atoms with Gasteiger partial charge < -0.3 is 5.11 Å². The predicted molar refractivity (Wildman–Crippen MR) is 58.7 cm³/mol. The lowest BCUT2D eigenvalue weighted by Crippen LogP contribution is -1.99. The Balaban J connectivity index is 2.97. The summed E-state index contributed by atoms with van der Waals surface area (Å²) in [6.07, 6.45) is 1.52. The summed E-state index contributed by atoms with van der Waals surface area (Å²) in [7, 11) is 0. The highest BCUT2D eigenvalue weighted by atomic mass is 35.5. The predicted octanol–water partition coefficient (Wildman–Crippen LogP) is 3.24. The van der Waals surface area contributed by atoms with Crippen LogP contribution in [0.2, 0.25) is 10.0 Å². The van der Waals surface area contributed by atoms with Gasteiger partial charge in [-0.1, -0.05) is 23.2 Å². The minimum atomic E-state index is -1.11. The van der Waals surface area contributed by atoms with Gasteiger partial charge in [0.05, 0.1) is 21.1 Å². The fourth-order valence-corrected chi connectivity index (χ4v) is 1.88. The Hall–Kier alpha value is -1.32. The normalized spacial score (nSPS) is 10.5. The lowest BCUT2D eigenvalue weighted by atomic mass is 10.1. The van der Waals surface area contributed by atoms with Gasteiger partial charge in [-0.2, -0.15) is 0 Å². The van der Waals surface area contributed by atoms with Crippen molar-refractivity contribution in [3.63, 3.8) is 0 Å². The Labute approximate surface area is 95.3 Å². The monoisotopic (exact) mass is 241 g/mol. The molecular weight excluding hydrogens is 237 g/mol. The maximum Gasteiger partial charge on any atom is 0.337 e. The van der Waals surface area contributed by atoms with Gasteiger partial charge >= 0.3 is 5.97 Å². The third-order valence-electron chi connectivity index (χ3n) is 2.02. The third-order valence-corrected chi connectivity index (χ3v) is 2.65. The molecule has 3 nitrogen and oxygen atoms in total. The van der Waals surface area contributed by atoms with Crippen molar-refractivity contribution < 1.29 is 9.90 Å². The van der Waals surface area contributed by atoms with Crippen molar-refractivity contribution in [1.82, 2.24) is 4.98 Å². The molecule has 1 heterocycles. The first-order chi connectivity index (χ1) is 7.11. The molecule has 0 fully saturated rings. The van der Waals surface area contributed by atoms with Crippen LogP contribution in [0, 0.1) is 0 Å². The van der Waals surface area contributed by atoms with Crippen LogP contribution in [0.4, 0.5) is 0 Å². The van der Waals surface area contributed by atoms with Gasteiger partial charge in [-0.05, 0) is 18.2 Å². The number of nitrogens with zero attached hydrogens (tertiary/aromatic N) is 1. The number of rotatable bonds is 1. The molecule has 0 spiro atoms. The smallest absolute Gasteiger partial charge is 0.337 e. The lowest BCUT2D eigenvalue weighted by molar-refractivity contribution is 0.0699. The van der Waals surface area contributed by atoms with E-state index in [0.717, 1.165) is 0 Å². The van der Waals surface area contributed by atoms with Gasteiger partial charge in [-0.3, -0.25) is 4.98 Å². The van der Waals surface area contributed by atoms with Crippen molar-refractivity contribution in [2.45, 2.75) is 0 Å². The highest BCUT2D eigenvalue weighted by Crippen LogP contribution is 2.30. The van der Waals surface area contributed by atoms with Crippen molar-refractivity contribution in [1.29, 1.82) is 0 Å². The zero-order chi connectivity index (χ0) is 11.0. The van der Waals surface area contributed by atoms with E-state index in [-0.39, 0.29) is 10.6 Å². The van der Waals surface area contributed by atoms with E-state index in [4.69, 9.17) is 28.3 Å². The van der Waals surface area contributed by atoms with Crippen LogP contribution >= 0.6 is 23.2 Å². The number of carboxylic acid groups (broad SMARTS) is 1. The van der Waals surface area contributed by atoms with Gasteiger partial charge in [0.15, 0.2) is 0 Å². The summed E-state index contributed by atoms with van der Waals surface area (Å²) in [5, 5.41) is 9.88. The van der Waals surface area contributed by atoms with E-state index in [9.17, 15) is 4.79 Å². The molecule has 0 aliphatic carbocycles. The van der Waals surface area contributed by atoms with E-state index in [1.165, 1.54) is 18.3 Å². The second-order valence-electron chi connectivity index (χ2n) is 2.91. The first kappa shape index (κ1) is 10.2. The summed E-state index contributed by atoms with van der Waals surface area (Å²) in [6.45, 7) is 0. The van der Waals surface area contributed by atoms with Gasteiger partial charge in [0.25, 0.3) is 0 Å². The number of aromatic carboxylic acids is 1. The van der Waals surface area contributed by atoms with E-state index in [1.807, 2.05) is 0 Å². The van der Waals surface area contributed by atoms with Crippen LogP contribution in [-0.2, 0) is 0 Å². The number of hydrogen-bond donors (Lipinski definition) is 1. The first-order valence-corrected chi connectivity index (χ1v) is 4.83. The molecule has 0 saturated carbocycles. The van der Waals surface area contributed by atoms with E-state index in [0.29, 0.717) is 15.9 Å². The number of benzene rings is 1. The molecule has 2 aromatic rings. The summed E-state index contributed by atoms with van der Waals surface area (Å²) in [4.78, 5) is 15.0. The number of fused-ring (bicyclic) bond motifs is 1. The van der Waals surface area contributed by atoms with Crippen molar-refractivity contribution >= 4 is 40.1 Å². The maximum absolute atomic E-state index is 11.0. The standard InChI is InChI=1S/C10H5Cl2NO2/c11-5-1-2-7-8(9(5)10(14)15)6(12)3-4-13-7/h1-4H,(H,14,15). The molecule has 0 aliphatic heterocycles. The second-order valence-corrected chi connectivity index (χ2v) is 3.73. The second kappa shape index (κ2) is 3.68. The van der Waals surface area contributed by atoms with Crippen molar-refractivity contribution in [2.24, 2.45) is 0 Å². The molecule has 5 heteroatoms. The summed E-state index contributed by atoms with van der Waals surface area (Å²) in [6, 6.07) is 4.67. The van der Waals surface area contributed by atoms with Crippen LogP contribution in [0.1, 0.15) is 10.4 Å². The van der Waals surface area contributed by atoms with Gasteiger partial charge in [0, 0.05) is 11.6 Å². The van der Waals surface area contributed by atoms with Crippen molar-refractivity contribution in [3.8, 4) is 0 Å². The molecule has 0 bridgehead atoms. The molecule has 0 atom stereocenters. The minimum absolute atomic E-state index is 0.00716. The molecule has 1 aromatic carbocycles. The first-order valence-electron chi connectivity index (χ1n) is 4.07. The van der Waals surface area contributed by atoms with E-state index in [2.05, 4.69) is 4.98 Å². The average molecular weight is 242 g/mol.